The van der Waals surface area contributed by atoms with Crippen LogP contribution in [0, 0.1) is 0 Å². The standard InChI is InChI=1S/C15H28O4/c1-3-5-11-15(17)19-13-9-7-6-8-12-18-14(16)10-4-2/h3-13H2,1-2H3. The topological polar surface area (TPSA) is 52.6 Å². The SMILES string of the molecule is CCCCC(=O)OCCCCCCOC(=O)CCC. The summed E-state index contributed by atoms with van der Waals surface area (Å²) in [4.78, 5) is 22.3. The molecule has 0 aromatic rings. The molecule has 0 unspecified atom stereocenters. The minimum absolute atomic E-state index is 0.0876. The van der Waals surface area contributed by atoms with Gasteiger partial charge in [0, 0.05) is 12.8 Å². The monoisotopic (exact) mass is 272 g/mol. The van der Waals surface area contributed by atoms with E-state index < -0.39 is 0 Å². The van der Waals surface area contributed by atoms with Crippen LogP contribution in [-0.2, 0) is 19.1 Å². The normalized spacial score (nSPS) is 10.2. The molecule has 0 bridgehead atoms. The van der Waals surface area contributed by atoms with E-state index in [0.717, 1.165) is 44.9 Å². The highest BCUT2D eigenvalue weighted by molar-refractivity contribution is 5.69. The minimum atomic E-state index is -0.104. The maximum absolute atomic E-state index is 11.2. The van der Waals surface area contributed by atoms with Crippen molar-refractivity contribution < 1.29 is 19.1 Å². The van der Waals surface area contributed by atoms with Gasteiger partial charge in [0.05, 0.1) is 13.2 Å². The first-order chi connectivity index (χ1) is 9.20. The van der Waals surface area contributed by atoms with Crippen molar-refractivity contribution in [3.05, 3.63) is 0 Å². The van der Waals surface area contributed by atoms with Gasteiger partial charge in [0.15, 0.2) is 0 Å². The Kier molecular flexibility index (Phi) is 12.6. The molecule has 0 amide bonds. The van der Waals surface area contributed by atoms with Crippen LogP contribution >= 0.6 is 0 Å². The van der Waals surface area contributed by atoms with Gasteiger partial charge >= 0.3 is 11.9 Å². The largest absolute Gasteiger partial charge is 0.466 e. The van der Waals surface area contributed by atoms with Crippen molar-refractivity contribution in [2.24, 2.45) is 0 Å². The van der Waals surface area contributed by atoms with Gasteiger partial charge in [0.2, 0.25) is 0 Å². The van der Waals surface area contributed by atoms with E-state index in [4.69, 9.17) is 9.47 Å². The molecule has 112 valence electrons. The highest BCUT2D eigenvalue weighted by atomic mass is 16.5. The fourth-order valence-electron chi connectivity index (χ4n) is 1.60. The van der Waals surface area contributed by atoms with Crippen LogP contribution in [0.3, 0.4) is 0 Å². The van der Waals surface area contributed by atoms with Crippen LogP contribution in [0.25, 0.3) is 0 Å². The average Bonchev–Trinajstić information content (AvgIpc) is 2.39. The Morgan fingerprint density at radius 2 is 1.21 bits per heavy atom. The van der Waals surface area contributed by atoms with Crippen molar-refractivity contribution >= 4 is 11.9 Å². The molecule has 0 rings (SSSR count). The summed E-state index contributed by atoms with van der Waals surface area (Å²) in [5.74, 6) is -0.192. The van der Waals surface area contributed by atoms with Gasteiger partial charge in [0.25, 0.3) is 0 Å². The quantitative estimate of drug-likeness (QED) is 0.402. The van der Waals surface area contributed by atoms with Crippen molar-refractivity contribution in [3.8, 4) is 0 Å². The molecule has 0 fully saturated rings. The lowest BCUT2D eigenvalue weighted by Gasteiger charge is -2.05. The zero-order valence-corrected chi connectivity index (χ0v) is 12.4. The van der Waals surface area contributed by atoms with E-state index in [1.54, 1.807) is 0 Å². The van der Waals surface area contributed by atoms with Gasteiger partial charge in [-0.25, -0.2) is 0 Å². The maximum Gasteiger partial charge on any atom is 0.305 e. The van der Waals surface area contributed by atoms with Crippen LogP contribution in [-0.4, -0.2) is 25.2 Å². The van der Waals surface area contributed by atoms with Crippen LogP contribution in [0.1, 0.15) is 71.6 Å². The predicted molar refractivity (Wildman–Crippen MR) is 74.8 cm³/mol. The fourth-order valence-corrected chi connectivity index (χ4v) is 1.60. The third-order valence-corrected chi connectivity index (χ3v) is 2.75. The third-order valence-electron chi connectivity index (χ3n) is 2.75. The Morgan fingerprint density at radius 3 is 1.68 bits per heavy atom. The van der Waals surface area contributed by atoms with Crippen LogP contribution in [0.2, 0.25) is 0 Å². The molecule has 0 heterocycles. The number of carbonyl (C=O) groups excluding carboxylic acids is 2. The number of hydrogen-bond donors (Lipinski definition) is 0. The molecule has 0 aliphatic rings. The van der Waals surface area contributed by atoms with Crippen molar-refractivity contribution in [1.29, 1.82) is 0 Å². The minimum Gasteiger partial charge on any atom is -0.466 e. The van der Waals surface area contributed by atoms with Crippen molar-refractivity contribution in [2.75, 3.05) is 13.2 Å². The molecule has 0 N–H and O–H groups in total. The first kappa shape index (κ1) is 17.9. The van der Waals surface area contributed by atoms with Crippen molar-refractivity contribution in [1.82, 2.24) is 0 Å². The summed E-state index contributed by atoms with van der Waals surface area (Å²) in [5.41, 5.74) is 0. The lowest BCUT2D eigenvalue weighted by molar-refractivity contribution is -0.145. The van der Waals surface area contributed by atoms with Gasteiger partial charge in [-0.2, -0.15) is 0 Å². The third kappa shape index (κ3) is 13.2. The Labute approximate surface area is 116 Å². The lowest BCUT2D eigenvalue weighted by atomic mass is 10.2. The Bertz CT molecular complexity index is 238. The van der Waals surface area contributed by atoms with Gasteiger partial charge in [-0.05, 0) is 38.5 Å². The molecule has 0 aromatic carbocycles. The molecule has 0 aliphatic carbocycles. The van der Waals surface area contributed by atoms with Crippen LogP contribution in [0.5, 0.6) is 0 Å². The molecule has 0 aromatic heterocycles. The second-order valence-electron chi connectivity index (χ2n) is 4.71. The second kappa shape index (κ2) is 13.4. The zero-order chi connectivity index (χ0) is 14.3. The predicted octanol–water partition coefficient (Wildman–Crippen LogP) is 3.62. The molecule has 0 saturated carbocycles. The lowest BCUT2D eigenvalue weighted by Crippen LogP contribution is -2.06. The molecule has 0 spiro atoms. The number of esters is 2. The summed E-state index contributed by atoms with van der Waals surface area (Å²) in [6.07, 6.45) is 7.59. The van der Waals surface area contributed by atoms with E-state index in [1.807, 2.05) is 6.92 Å². The van der Waals surface area contributed by atoms with E-state index >= 15 is 0 Å². The molecular formula is C15H28O4. The van der Waals surface area contributed by atoms with Gasteiger partial charge in [-0.3, -0.25) is 9.59 Å². The number of hydrogen-bond acceptors (Lipinski definition) is 4. The smallest absolute Gasteiger partial charge is 0.305 e. The van der Waals surface area contributed by atoms with E-state index in [9.17, 15) is 9.59 Å². The van der Waals surface area contributed by atoms with Gasteiger partial charge in [-0.15, -0.1) is 0 Å². The summed E-state index contributed by atoms with van der Waals surface area (Å²) in [7, 11) is 0. The van der Waals surface area contributed by atoms with Gasteiger partial charge < -0.3 is 9.47 Å². The van der Waals surface area contributed by atoms with Crippen LogP contribution in [0.4, 0.5) is 0 Å². The molecule has 0 radical (unpaired) electrons. The van der Waals surface area contributed by atoms with Crippen molar-refractivity contribution in [2.45, 2.75) is 71.6 Å². The summed E-state index contributed by atoms with van der Waals surface area (Å²) in [5, 5.41) is 0. The summed E-state index contributed by atoms with van der Waals surface area (Å²) in [6.45, 7) is 5.04. The summed E-state index contributed by atoms with van der Waals surface area (Å²) < 4.78 is 10.1. The average molecular weight is 272 g/mol. The highest BCUT2D eigenvalue weighted by Gasteiger charge is 2.02. The fraction of sp³-hybridized carbons (Fsp3) is 0.867. The summed E-state index contributed by atoms with van der Waals surface area (Å²) >= 11 is 0. The molecular weight excluding hydrogens is 244 g/mol. The van der Waals surface area contributed by atoms with E-state index in [0.29, 0.717) is 26.1 Å². The van der Waals surface area contributed by atoms with Crippen LogP contribution < -0.4 is 0 Å². The Hall–Kier alpha value is -1.06. The zero-order valence-electron chi connectivity index (χ0n) is 12.4. The first-order valence-electron chi connectivity index (χ1n) is 7.52. The molecule has 4 nitrogen and oxygen atoms in total. The molecule has 19 heavy (non-hydrogen) atoms. The first-order valence-corrected chi connectivity index (χ1v) is 7.52. The maximum atomic E-state index is 11.2. The molecule has 0 aliphatic heterocycles. The summed E-state index contributed by atoms with van der Waals surface area (Å²) in [6, 6.07) is 0. The number of ether oxygens (including phenoxy) is 2. The van der Waals surface area contributed by atoms with Crippen LogP contribution in [0.15, 0.2) is 0 Å². The molecule has 4 heteroatoms. The van der Waals surface area contributed by atoms with Gasteiger partial charge in [0.1, 0.15) is 0 Å². The van der Waals surface area contributed by atoms with E-state index in [2.05, 4.69) is 6.92 Å². The second-order valence-corrected chi connectivity index (χ2v) is 4.71. The number of unbranched alkanes of at least 4 members (excludes halogenated alkanes) is 4. The highest BCUT2D eigenvalue weighted by Crippen LogP contribution is 2.03. The Balaban J connectivity index is 3.18. The molecule has 0 saturated heterocycles. The van der Waals surface area contributed by atoms with Crippen molar-refractivity contribution in [3.63, 3.8) is 0 Å². The number of carbonyl (C=O) groups is 2. The Morgan fingerprint density at radius 1 is 0.684 bits per heavy atom. The van der Waals surface area contributed by atoms with E-state index in [-0.39, 0.29) is 11.9 Å². The number of rotatable bonds is 12. The van der Waals surface area contributed by atoms with Gasteiger partial charge in [-0.1, -0.05) is 20.3 Å². The molecule has 0 atom stereocenters. The van der Waals surface area contributed by atoms with E-state index in [1.165, 1.54) is 0 Å².